The van der Waals surface area contributed by atoms with Gasteiger partial charge in [-0.25, -0.2) is 0 Å². The molecule has 7 nitrogen and oxygen atoms in total. The van der Waals surface area contributed by atoms with E-state index in [0.717, 1.165) is 31.6 Å². The highest BCUT2D eigenvalue weighted by Gasteiger charge is 2.31. The third kappa shape index (κ3) is 3.28. The van der Waals surface area contributed by atoms with Gasteiger partial charge in [0.25, 0.3) is 0 Å². The molecule has 1 N–H and O–H groups in total. The quantitative estimate of drug-likeness (QED) is 0.912. The number of amides is 2. The lowest BCUT2D eigenvalue weighted by Gasteiger charge is -2.32. The van der Waals surface area contributed by atoms with E-state index >= 15 is 0 Å². The summed E-state index contributed by atoms with van der Waals surface area (Å²) in [5.74, 6) is -0.184. The lowest BCUT2D eigenvalue weighted by molar-refractivity contribution is -0.122. The lowest BCUT2D eigenvalue weighted by atomic mass is 10.2. The molecule has 2 aliphatic heterocycles. The van der Waals surface area contributed by atoms with E-state index in [1.807, 2.05) is 41.2 Å². The molecule has 1 aromatic carbocycles. The molecule has 0 saturated carbocycles. The van der Waals surface area contributed by atoms with E-state index in [2.05, 4.69) is 15.3 Å². The van der Waals surface area contributed by atoms with Gasteiger partial charge in [-0.15, -0.1) is 0 Å². The Labute approximate surface area is 146 Å². The molecule has 0 aliphatic carbocycles. The Morgan fingerprint density at radius 1 is 1.28 bits per heavy atom. The van der Waals surface area contributed by atoms with Crippen molar-refractivity contribution in [3.05, 3.63) is 42.7 Å². The average Bonchev–Trinajstić information content (AvgIpc) is 3.27. The average molecular weight is 339 g/mol. The maximum absolute atomic E-state index is 12.9. The second-order valence-electron chi connectivity index (χ2n) is 6.54. The zero-order valence-electron chi connectivity index (χ0n) is 14.0. The molecular weight excluding hydrogens is 318 g/mol. The highest BCUT2D eigenvalue weighted by Crippen LogP contribution is 2.29. The highest BCUT2D eigenvalue weighted by atomic mass is 16.2. The third-order valence-electron chi connectivity index (χ3n) is 4.87. The molecule has 25 heavy (non-hydrogen) atoms. The number of carbonyl (C=O) groups is 2. The van der Waals surface area contributed by atoms with Crippen LogP contribution in [0, 0.1) is 0 Å². The minimum absolute atomic E-state index is 0.0327. The van der Waals surface area contributed by atoms with Gasteiger partial charge in [0.15, 0.2) is 0 Å². The van der Waals surface area contributed by atoms with Crippen molar-refractivity contribution in [3.8, 4) is 0 Å². The molecule has 2 aromatic rings. The van der Waals surface area contributed by atoms with Crippen molar-refractivity contribution in [3.63, 3.8) is 0 Å². The molecule has 7 heteroatoms. The number of aromatic nitrogens is 2. The second-order valence-corrected chi connectivity index (χ2v) is 6.54. The molecule has 4 rings (SSSR count). The number of benzene rings is 1. The van der Waals surface area contributed by atoms with Gasteiger partial charge in [0.05, 0.1) is 24.5 Å². The summed E-state index contributed by atoms with van der Waals surface area (Å²) in [6.07, 6.45) is 5.86. The summed E-state index contributed by atoms with van der Waals surface area (Å²) < 4.78 is 1.91. The molecule has 0 spiro atoms. The number of fused-ring (bicyclic) bond motifs is 1. The summed E-state index contributed by atoms with van der Waals surface area (Å²) in [6.45, 7) is 2.10. The fourth-order valence-corrected chi connectivity index (χ4v) is 3.65. The van der Waals surface area contributed by atoms with Crippen LogP contribution in [0.2, 0.25) is 0 Å². The molecule has 1 atom stereocenters. The van der Waals surface area contributed by atoms with Crippen LogP contribution in [0.15, 0.2) is 42.7 Å². The molecule has 2 amide bonds. The van der Waals surface area contributed by atoms with Gasteiger partial charge in [0.1, 0.15) is 6.54 Å². The number of nitrogens with zero attached hydrogens (tertiary/aromatic N) is 4. The first kappa shape index (κ1) is 15.8. The summed E-state index contributed by atoms with van der Waals surface area (Å²) in [5, 5.41) is 7.08. The van der Waals surface area contributed by atoms with Crippen LogP contribution in [0.3, 0.4) is 0 Å². The van der Waals surface area contributed by atoms with Crippen molar-refractivity contribution in [2.24, 2.45) is 0 Å². The standard InChI is InChI=1S/C18H21N5O2/c24-17-12-23(16-7-2-1-6-15(16)20-17)18(25)13-21-9-3-5-14(21)11-22-10-4-8-19-22/h1-2,4,6-8,10,14H,3,5,9,11-13H2,(H,20,24)/t14-/m1/s1. The predicted molar refractivity (Wildman–Crippen MR) is 94.2 cm³/mol. The van der Waals surface area contributed by atoms with E-state index in [1.54, 1.807) is 11.1 Å². The van der Waals surface area contributed by atoms with Crippen LogP contribution in [0.1, 0.15) is 12.8 Å². The third-order valence-corrected chi connectivity index (χ3v) is 4.87. The monoisotopic (exact) mass is 339 g/mol. The second kappa shape index (κ2) is 6.68. The van der Waals surface area contributed by atoms with Crippen LogP contribution in [0.25, 0.3) is 0 Å². The number of rotatable bonds is 4. The van der Waals surface area contributed by atoms with E-state index < -0.39 is 0 Å². The van der Waals surface area contributed by atoms with Gasteiger partial charge < -0.3 is 5.32 Å². The summed E-state index contributed by atoms with van der Waals surface area (Å²) in [4.78, 5) is 28.6. The minimum Gasteiger partial charge on any atom is -0.323 e. The number of nitrogens with one attached hydrogen (secondary N) is 1. The first-order chi connectivity index (χ1) is 12.2. The van der Waals surface area contributed by atoms with E-state index in [-0.39, 0.29) is 18.4 Å². The fourth-order valence-electron chi connectivity index (χ4n) is 3.65. The van der Waals surface area contributed by atoms with E-state index in [0.29, 0.717) is 18.3 Å². The summed E-state index contributed by atoms with van der Waals surface area (Å²) in [5.41, 5.74) is 1.47. The van der Waals surface area contributed by atoms with Crippen molar-refractivity contribution >= 4 is 23.2 Å². The number of hydrogen-bond acceptors (Lipinski definition) is 4. The molecular formula is C18H21N5O2. The highest BCUT2D eigenvalue weighted by molar-refractivity contribution is 6.10. The van der Waals surface area contributed by atoms with Crippen molar-refractivity contribution < 1.29 is 9.59 Å². The molecule has 130 valence electrons. The maximum atomic E-state index is 12.9. The lowest BCUT2D eigenvalue weighted by Crippen LogP contribution is -2.48. The molecule has 0 bridgehead atoms. The van der Waals surface area contributed by atoms with Gasteiger partial charge in [0.2, 0.25) is 11.8 Å². The predicted octanol–water partition coefficient (Wildman–Crippen LogP) is 1.33. The Morgan fingerprint density at radius 3 is 3.00 bits per heavy atom. The normalized spacial score (nSPS) is 20.4. The van der Waals surface area contributed by atoms with Crippen LogP contribution in [-0.4, -0.2) is 52.2 Å². The van der Waals surface area contributed by atoms with Crippen LogP contribution < -0.4 is 10.2 Å². The van der Waals surface area contributed by atoms with Gasteiger partial charge in [-0.2, -0.15) is 5.10 Å². The summed E-state index contributed by atoms with van der Waals surface area (Å²) in [6, 6.07) is 9.65. The maximum Gasteiger partial charge on any atom is 0.244 e. The zero-order valence-corrected chi connectivity index (χ0v) is 14.0. The fraction of sp³-hybridized carbons (Fsp3) is 0.389. The first-order valence-electron chi connectivity index (χ1n) is 8.61. The molecule has 1 fully saturated rings. The molecule has 0 radical (unpaired) electrons. The molecule has 3 heterocycles. The van der Waals surface area contributed by atoms with Crippen molar-refractivity contribution in [1.82, 2.24) is 14.7 Å². The van der Waals surface area contributed by atoms with Crippen molar-refractivity contribution in [2.75, 3.05) is 29.9 Å². The number of carbonyl (C=O) groups excluding carboxylic acids is 2. The van der Waals surface area contributed by atoms with Gasteiger partial charge in [-0.3, -0.25) is 24.1 Å². The Morgan fingerprint density at radius 2 is 2.16 bits per heavy atom. The minimum atomic E-state index is -0.151. The van der Waals surface area contributed by atoms with Crippen molar-refractivity contribution in [2.45, 2.75) is 25.4 Å². The molecule has 2 aliphatic rings. The summed E-state index contributed by atoms with van der Waals surface area (Å²) >= 11 is 0. The molecule has 1 aromatic heterocycles. The van der Waals surface area contributed by atoms with Crippen LogP contribution >= 0.6 is 0 Å². The SMILES string of the molecule is O=C1CN(C(=O)CN2CCC[C@@H]2Cn2cccn2)c2ccccc2N1. The number of hydrogen-bond donors (Lipinski definition) is 1. The van der Waals surface area contributed by atoms with Gasteiger partial charge in [-0.05, 0) is 37.6 Å². The van der Waals surface area contributed by atoms with Crippen LogP contribution in [0.4, 0.5) is 11.4 Å². The Kier molecular flexibility index (Phi) is 4.23. The summed E-state index contributed by atoms with van der Waals surface area (Å²) in [7, 11) is 0. The number of likely N-dealkylation sites (tertiary alicyclic amines) is 1. The van der Waals surface area contributed by atoms with Crippen LogP contribution in [0.5, 0.6) is 0 Å². The zero-order chi connectivity index (χ0) is 17.2. The first-order valence-corrected chi connectivity index (χ1v) is 8.61. The Balaban J connectivity index is 1.47. The Hall–Kier alpha value is -2.67. The van der Waals surface area contributed by atoms with E-state index in [1.165, 1.54) is 0 Å². The Bertz CT molecular complexity index is 774. The number of anilines is 2. The smallest absolute Gasteiger partial charge is 0.244 e. The van der Waals surface area contributed by atoms with Gasteiger partial charge in [-0.1, -0.05) is 12.1 Å². The van der Waals surface area contributed by atoms with E-state index in [9.17, 15) is 9.59 Å². The van der Waals surface area contributed by atoms with Gasteiger partial charge >= 0.3 is 0 Å². The van der Waals surface area contributed by atoms with Gasteiger partial charge in [0, 0.05) is 18.4 Å². The van der Waals surface area contributed by atoms with Crippen LogP contribution in [-0.2, 0) is 16.1 Å². The largest absolute Gasteiger partial charge is 0.323 e. The topological polar surface area (TPSA) is 70.5 Å². The molecule has 1 saturated heterocycles. The molecule has 0 unspecified atom stereocenters. The van der Waals surface area contributed by atoms with E-state index in [4.69, 9.17) is 0 Å². The number of para-hydroxylation sites is 2. The van der Waals surface area contributed by atoms with Crippen molar-refractivity contribution in [1.29, 1.82) is 0 Å².